The molecule has 10 nitrogen and oxygen atoms in total. The van der Waals surface area contributed by atoms with Gasteiger partial charge in [-0.3, -0.25) is 14.5 Å². The van der Waals surface area contributed by atoms with Crippen LogP contribution in [0.5, 0.6) is 0 Å². The van der Waals surface area contributed by atoms with Crippen LogP contribution >= 0.6 is 0 Å². The van der Waals surface area contributed by atoms with E-state index in [-0.39, 0.29) is 18.2 Å². The average Bonchev–Trinajstić information content (AvgIpc) is 3.25. The van der Waals surface area contributed by atoms with Gasteiger partial charge >= 0.3 is 12.0 Å². The Morgan fingerprint density at radius 1 is 1.03 bits per heavy atom. The van der Waals surface area contributed by atoms with Crippen molar-refractivity contribution in [3.63, 3.8) is 0 Å². The summed E-state index contributed by atoms with van der Waals surface area (Å²) in [7, 11) is -1.11. The van der Waals surface area contributed by atoms with Gasteiger partial charge in [-0.25, -0.2) is 18.2 Å². The Balaban J connectivity index is 1.90. The number of ether oxygens (including phenoxy) is 1. The molecule has 3 amide bonds. The van der Waals surface area contributed by atoms with Crippen molar-refractivity contribution >= 4 is 38.8 Å². The third-order valence-corrected chi connectivity index (χ3v) is 6.54. The van der Waals surface area contributed by atoms with Crippen molar-refractivity contribution in [3.8, 4) is 0 Å². The Kier molecular flexibility index (Phi) is 8.23. The summed E-state index contributed by atoms with van der Waals surface area (Å²) in [6, 6.07) is 15.1. The predicted molar refractivity (Wildman–Crippen MR) is 128 cm³/mol. The van der Waals surface area contributed by atoms with Crippen LogP contribution in [0.15, 0.2) is 59.0 Å². The highest BCUT2D eigenvalue weighted by Crippen LogP contribution is 2.18. The van der Waals surface area contributed by atoms with E-state index < -0.39 is 39.6 Å². The van der Waals surface area contributed by atoms with E-state index in [9.17, 15) is 22.8 Å². The minimum Gasteiger partial charge on any atom is -0.435 e. The second-order valence-electron chi connectivity index (χ2n) is 8.09. The highest BCUT2D eigenvalue weighted by molar-refractivity contribution is 7.90. The van der Waals surface area contributed by atoms with Crippen molar-refractivity contribution in [2.75, 3.05) is 26.4 Å². The molecular formula is C24H27N3O7S. The van der Waals surface area contributed by atoms with Crippen LogP contribution in [0.3, 0.4) is 0 Å². The molecule has 0 aliphatic rings. The van der Waals surface area contributed by atoms with E-state index in [1.807, 2.05) is 0 Å². The number of rotatable bonds is 9. The number of amides is 3. The van der Waals surface area contributed by atoms with Gasteiger partial charge in [0.2, 0.25) is 0 Å². The zero-order valence-corrected chi connectivity index (χ0v) is 20.5. The van der Waals surface area contributed by atoms with Gasteiger partial charge in [-0.05, 0) is 24.1 Å². The first-order valence-corrected chi connectivity index (χ1v) is 12.8. The highest BCUT2D eigenvalue weighted by Gasteiger charge is 2.37. The summed E-state index contributed by atoms with van der Waals surface area (Å²) in [4.78, 5) is 44.9. The molecule has 2 aromatic carbocycles. The maximum absolute atomic E-state index is 13.4. The van der Waals surface area contributed by atoms with E-state index in [0.717, 1.165) is 9.80 Å². The molecule has 1 atom stereocenters. The Morgan fingerprint density at radius 2 is 1.69 bits per heavy atom. The van der Waals surface area contributed by atoms with Crippen LogP contribution in [0.2, 0.25) is 0 Å². The number of sulfone groups is 1. The fourth-order valence-electron chi connectivity index (χ4n) is 3.29. The first-order valence-electron chi connectivity index (χ1n) is 10.9. The standard InChI is InChI=1S/C24H27N3O7S/c1-4-14-27(23(29)21-25-18-12-8-9-13-19(18)33-21)22(28)20(34-24(30)26(2)3)16-35(31,32)15-17-10-6-5-7-11-17/h5-13,20H,4,14-16H2,1-3H3. The molecule has 186 valence electrons. The van der Waals surface area contributed by atoms with E-state index >= 15 is 0 Å². The zero-order valence-electron chi connectivity index (χ0n) is 19.7. The van der Waals surface area contributed by atoms with Crippen molar-refractivity contribution in [3.05, 3.63) is 66.1 Å². The number of para-hydroxylation sites is 2. The minimum atomic E-state index is -3.90. The number of carbonyl (C=O) groups excluding carboxylic acids is 3. The molecule has 1 heterocycles. The zero-order chi connectivity index (χ0) is 25.6. The van der Waals surface area contributed by atoms with Gasteiger partial charge in [-0.1, -0.05) is 49.4 Å². The Hall–Kier alpha value is -3.73. The van der Waals surface area contributed by atoms with Crippen molar-refractivity contribution in [1.29, 1.82) is 0 Å². The smallest absolute Gasteiger partial charge is 0.410 e. The highest BCUT2D eigenvalue weighted by atomic mass is 32.2. The summed E-state index contributed by atoms with van der Waals surface area (Å²) in [5, 5.41) is 0. The summed E-state index contributed by atoms with van der Waals surface area (Å²) in [6.07, 6.45) is -2.27. The van der Waals surface area contributed by atoms with Crippen LogP contribution in [0, 0.1) is 0 Å². The number of hydrogen-bond donors (Lipinski definition) is 0. The molecule has 1 unspecified atom stereocenters. The fourth-order valence-corrected chi connectivity index (χ4v) is 4.78. The van der Waals surface area contributed by atoms with E-state index in [0.29, 0.717) is 23.1 Å². The molecule has 1 aromatic heterocycles. The molecule has 0 saturated carbocycles. The van der Waals surface area contributed by atoms with Crippen LogP contribution < -0.4 is 0 Å². The third kappa shape index (κ3) is 6.66. The molecule has 0 N–H and O–H groups in total. The molecule has 3 aromatic rings. The summed E-state index contributed by atoms with van der Waals surface area (Å²) in [5.74, 6) is -3.28. The molecule has 0 fully saturated rings. The van der Waals surface area contributed by atoms with E-state index in [1.165, 1.54) is 14.1 Å². The summed E-state index contributed by atoms with van der Waals surface area (Å²) in [6.45, 7) is 1.69. The fraction of sp³-hybridized carbons (Fsp3) is 0.333. The molecule has 35 heavy (non-hydrogen) atoms. The first kappa shape index (κ1) is 25.9. The number of benzene rings is 2. The molecule has 0 bridgehead atoms. The summed E-state index contributed by atoms with van der Waals surface area (Å²) < 4.78 is 36.6. The molecule has 0 aliphatic heterocycles. The topological polar surface area (TPSA) is 127 Å². The number of hydrogen-bond acceptors (Lipinski definition) is 8. The van der Waals surface area contributed by atoms with Gasteiger partial charge in [0, 0.05) is 20.6 Å². The summed E-state index contributed by atoms with van der Waals surface area (Å²) >= 11 is 0. The molecular weight excluding hydrogens is 474 g/mol. The van der Waals surface area contributed by atoms with Crippen LogP contribution in [-0.2, 0) is 25.1 Å². The number of oxazole rings is 1. The van der Waals surface area contributed by atoms with E-state index in [1.54, 1.807) is 61.5 Å². The Bertz CT molecular complexity index is 1270. The van der Waals surface area contributed by atoms with Crippen molar-refractivity contribution in [1.82, 2.24) is 14.8 Å². The molecule has 0 saturated heterocycles. The van der Waals surface area contributed by atoms with Gasteiger partial charge in [0.15, 0.2) is 21.5 Å². The Labute approximate surface area is 203 Å². The lowest BCUT2D eigenvalue weighted by molar-refractivity contribution is -0.137. The predicted octanol–water partition coefficient (Wildman–Crippen LogP) is 2.89. The van der Waals surface area contributed by atoms with Gasteiger partial charge in [0.25, 0.3) is 11.8 Å². The SMILES string of the molecule is CCCN(C(=O)c1nc2ccccc2o1)C(=O)C(CS(=O)(=O)Cc1ccccc1)OC(=O)N(C)C. The molecule has 0 aliphatic carbocycles. The normalized spacial score (nSPS) is 12.2. The van der Waals surface area contributed by atoms with E-state index in [4.69, 9.17) is 9.15 Å². The van der Waals surface area contributed by atoms with Gasteiger partial charge < -0.3 is 14.1 Å². The number of nitrogens with zero attached hydrogens (tertiary/aromatic N) is 3. The molecule has 3 rings (SSSR count). The van der Waals surface area contributed by atoms with Crippen molar-refractivity contribution < 1.29 is 32.0 Å². The molecule has 11 heteroatoms. The van der Waals surface area contributed by atoms with Crippen LogP contribution in [-0.4, -0.2) is 73.6 Å². The minimum absolute atomic E-state index is 0.0505. The molecule has 0 radical (unpaired) electrons. The first-order chi connectivity index (χ1) is 16.6. The maximum Gasteiger partial charge on any atom is 0.410 e. The Morgan fingerprint density at radius 3 is 2.31 bits per heavy atom. The average molecular weight is 502 g/mol. The van der Waals surface area contributed by atoms with Crippen LogP contribution in [0.1, 0.15) is 29.6 Å². The largest absolute Gasteiger partial charge is 0.435 e. The van der Waals surface area contributed by atoms with Crippen molar-refractivity contribution in [2.45, 2.75) is 25.2 Å². The van der Waals surface area contributed by atoms with Gasteiger partial charge in [0.05, 0.1) is 11.5 Å². The maximum atomic E-state index is 13.4. The number of aromatic nitrogens is 1. The van der Waals surface area contributed by atoms with Gasteiger partial charge in [0.1, 0.15) is 5.52 Å². The monoisotopic (exact) mass is 501 g/mol. The van der Waals surface area contributed by atoms with Gasteiger partial charge in [-0.2, -0.15) is 0 Å². The number of imide groups is 1. The second-order valence-corrected chi connectivity index (χ2v) is 10.2. The number of fused-ring (bicyclic) bond motifs is 1. The lowest BCUT2D eigenvalue weighted by Gasteiger charge is -2.25. The lowest BCUT2D eigenvalue weighted by atomic mass is 10.2. The van der Waals surface area contributed by atoms with Crippen LogP contribution in [0.25, 0.3) is 11.1 Å². The van der Waals surface area contributed by atoms with E-state index in [2.05, 4.69) is 4.98 Å². The van der Waals surface area contributed by atoms with Crippen molar-refractivity contribution in [2.24, 2.45) is 0 Å². The number of carbonyl (C=O) groups is 3. The molecule has 0 spiro atoms. The third-order valence-electron chi connectivity index (χ3n) is 4.95. The van der Waals surface area contributed by atoms with Crippen LogP contribution in [0.4, 0.5) is 4.79 Å². The summed E-state index contributed by atoms with van der Waals surface area (Å²) in [5.41, 5.74) is 1.31. The quantitative estimate of drug-likeness (QED) is 0.438. The van der Waals surface area contributed by atoms with Gasteiger partial charge in [-0.15, -0.1) is 0 Å². The lowest BCUT2D eigenvalue weighted by Crippen LogP contribution is -2.48. The second kappa shape index (κ2) is 11.1.